The molecular weight excluding hydrogens is 274 g/mol. The molecule has 0 saturated heterocycles. The average molecular weight is 296 g/mol. The normalized spacial score (nSPS) is 19.9. The second kappa shape index (κ2) is 6.55. The van der Waals surface area contributed by atoms with E-state index in [0.717, 1.165) is 5.92 Å². The summed E-state index contributed by atoms with van der Waals surface area (Å²) in [4.78, 5) is 0. The third-order valence-electron chi connectivity index (χ3n) is 3.89. The first-order chi connectivity index (χ1) is 8.31. The van der Waals surface area contributed by atoms with Crippen molar-refractivity contribution in [1.29, 1.82) is 0 Å². The van der Waals surface area contributed by atoms with Gasteiger partial charge in [0.2, 0.25) is 0 Å². The molecule has 1 aliphatic rings. The first-order valence-corrected chi connectivity index (χ1v) is 7.53. The van der Waals surface area contributed by atoms with Crippen LogP contribution in [0.3, 0.4) is 0 Å². The van der Waals surface area contributed by atoms with Crippen LogP contribution in [0.1, 0.15) is 50.1 Å². The van der Waals surface area contributed by atoms with Crippen LogP contribution < -0.4 is 5.32 Å². The molecule has 17 heavy (non-hydrogen) atoms. The van der Waals surface area contributed by atoms with Crippen molar-refractivity contribution in [2.24, 2.45) is 5.92 Å². The Bertz CT molecular complexity index is 343. The fourth-order valence-corrected chi connectivity index (χ4v) is 3.44. The van der Waals surface area contributed by atoms with E-state index in [2.05, 4.69) is 52.6 Å². The number of rotatable bonds is 3. The lowest BCUT2D eigenvalue weighted by molar-refractivity contribution is 0.341. The predicted molar refractivity (Wildman–Crippen MR) is 77.1 cm³/mol. The van der Waals surface area contributed by atoms with Gasteiger partial charge in [-0.25, -0.2) is 0 Å². The molecule has 0 spiro atoms. The smallest absolute Gasteiger partial charge is 0.0346 e. The Labute approximate surface area is 113 Å². The second-order valence-corrected chi connectivity index (χ2v) is 5.99. The van der Waals surface area contributed by atoms with Crippen LogP contribution in [0, 0.1) is 5.92 Å². The minimum absolute atomic E-state index is 0.519. The van der Waals surface area contributed by atoms with E-state index >= 15 is 0 Å². The van der Waals surface area contributed by atoms with Crippen molar-refractivity contribution in [1.82, 2.24) is 5.32 Å². The summed E-state index contributed by atoms with van der Waals surface area (Å²) in [6.45, 7) is 0. The molecule has 1 nitrogen and oxygen atoms in total. The second-order valence-electron chi connectivity index (χ2n) is 5.07. The Morgan fingerprint density at radius 1 is 1.18 bits per heavy atom. The Morgan fingerprint density at radius 2 is 1.88 bits per heavy atom. The zero-order valence-corrected chi connectivity index (χ0v) is 12.2. The molecule has 2 heteroatoms. The van der Waals surface area contributed by atoms with E-state index < -0.39 is 0 Å². The molecule has 1 atom stereocenters. The van der Waals surface area contributed by atoms with Gasteiger partial charge in [0.05, 0.1) is 0 Å². The minimum Gasteiger partial charge on any atom is -0.313 e. The van der Waals surface area contributed by atoms with Gasteiger partial charge in [0.25, 0.3) is 0 Å². The zero-order valence-electron chi connectivity index (χ0n) is 10.6. The average Bonchev–Trinajstić information content (AvgIpc) is 2.59. The van der Waals surface area contributed by atoms with Crippen LogP contribution in [-0.4, -0.2) is 7.05 Å². The van der Waals surface area contributed by atoms with Gasteiger partial charge in [-0.3, -0.25) is 0 Å². The zero-order chi connectivity index (χ0) is 12.1. The summed E-state index contributed by atoms with van der Waals surface area (Å²) in [6.07, 6.45) is 8.39. The topological polar surface area (TPSA) is 12.0 Å². The van der Waals surface area contributed by atoms with E-state index in [4.69, 9.17) is 0 Å². The highest BCUT2D eigenvalue weighted by Gasteiger charge is 2.22. The first-order valence-electron chi connectivity index (χ1n) is 6.74. The van der Waals surface area contributed by atoms with E-state index in [0.29, 0.717) is 6.04 Å². The lowest BCUT2D eigenvalue weighted by Crippen LogP contribution is -2.25. The van der Waals surface area contributed by atoms with Crippen molar-refractivity contribution in [3.63, 3.8) is 0 Å². The predicted octanol–water partition coefficient (Wildman–Crippen LogP) is 4.68. The fraction of sp³-hybridized carbons (Fsp3) is 0.600. The third kappa shape index (κ3) is 3.56. The lowest BCUT2D eigenvalue weighted by atomic mass is 9.87. The Hall–Kier alpha value is -0.340. The molecule has 1 aliphatic carbocycles. The van der Waals surface area contributed by atoms with Crippen LogP contribution in [0.25, 0.3) is 0 Å². The number of hydrogen-bond acceptors (Lipinski definition) is 1. The van der Waals surface area contributed by atoms with Crippen molar-refractivity contribution in [2.45, 2.75) is 44.6 Å². The van der Waals surface area contributed by atoms with Crippen LogP contribution in [0.5, 0.6) is 0 Å². The summed E-state index contributed by atoms with van der Waals surface area (Å²) in [7, 11) is 2.09. The summed E-state index contributed by atoms with van der Waals surface area (Å²) in [5.41, 5.74) is 1.42. The highest BCUT2D eigenvalue weighted by Crippen LogP contribution is 2.34. The molecule has 2 rings (SSSR count). The molecule has 1 aromatic carbocycles. The third-order valence-corrected chi connectivity index (χ3v) is 4.38. The SMILES string of the molecule is CNC(c1cccc(Br)c1)C1CCCCCC1. The lowest BCUT2D eigenvalue weighted by Gasteiger charge is -2.26. The van der Waals surface area contributed by atoms with Crippen LogP contribution in [-0.2, 0) is 0 Å². The van der Waals surface area contributed by atoms with E-state index in [1.165, 1.54) is 48.6 Å². The maximum Gasteiger partial charge on any atom is 0.0346 e. The summed E-state index contributed by atoms with van der Waals surface area (Å²) in [5.74, 6) is 0.803. The van der Waals surface area contributed by atoms with Gasteiger partial charge in [-0.05, 0) is 43.5 Å². The molecule has 1 saturated carbocycles. The van der Waals surface area contributed by atoms with Gasteiger partial charge in [0.15, 0.2) is 0 Å². The van der Waals surface area contributed by atoms with Gasteiger partial charge >= 0.3 is 0 Å². The van der Waals surface area contributed by atoms with E-state index in [9.17, 15) is 0 Å². The molecule has 1 N–H and O–H groups in total. The van der Waals surface area contributed by atoms with Crippen molar-refractivity contribution in [2.75, 3.05) is 7.05 Å². The van der Waals surface area contributed by atoms with Gasteiger partial charge in [0, 0.05) is 10.5 Å². The summed E-state index contributed by atoms with van der Waals surface area (Å²) >= 11 is 3.57. The molecule has 0 heterocycles. The van der Waals surface area contributed by atoms with Gasteiger partial charge in [-0.1, -0.05) is 53.7 Å². The Kier molecular flexibility index (Phi) is 5.05. The van der Waals surface area contributed by atoms with Gasteiger partial charge in [-0.15, -0.1) is 0 Å². The van der Waals surface area contributed by atoms with Gasteiger partial charge in [0.1, 0.15) is 0 Å². The van der Waals surface area contributed by atoms with Crippen molar-refractivity contribution in [3.8, 4) is 0 Å². The first kappa shape index (κ1) is 13.1. The molecular formula is C15H22BrN. The van der Waals surface area contributed by atoms with Crippen LogP contribution in [0.15, 0.2) is 28.7 Å². The number of benzene rings is 1. The fourth-order valence-electron chi connectivity index (χ4n) is 3.02. The Morgan fingerprint density at radius 3 is 2.47 bits per heavy atom. The minimum atomic E-state index is 0.519. The van der Waals surface area contributed by atoms with Crippen LogP contribution in [0.2, 0.25) is 0 Å². The molecule has 1 unspecified atom stereocenters. The summed E-state index contributed by atoms with van der Waals surface area (Å²) < 4.78 is 1.18. The highest BCUT2D eigenvalue weighted by molar-refractivity contribution is 9.10. The van der Waals surface area contributed by atoms with Gasteiger partial charge < -0.3 is 5.32 Å². The molecule has 0 radical (unpaired) electrons. The van der Waals surface area contributed by atoms with Crippen molar-refractivity contribution < 1.29 is 0 Å². The largest absolute Gasteiger partial charge is 0.313 e. The maximum atomic E-state index is 3.57. The summed E-state index contributed by atoms with van der Waals surface area (Å²) in [5, 5.41) is 3.52. The van der Waals surface area contributed by atoms with Gasteiger partial charge in [-0.2, -0.15) is 0 Å². The molecule has 0 aliphatic heterocycles. The maximum absolute atomic E-state index is 3.57. The Balaban J connectivity index is 2.14. The molecule has 94 valence electrons. The summed E-state index contributed by atoms with van der Waals surface area (Å²) in [6, 6.07) is 9.26. The van der Waals surface area contributed by atoms with Crippen molar-refractivity contribution in [3.05, 3.63) is 34.3 Å². The van der Waals surface area contributed by atoms with E-state index in [1.807, 2.05) is 0 Å². The molecule has 0 amide bonds. The van der Waals surface area contributed by atoms with Crippen LogP contribution in [0.4, 0.5) is 0 Å². The molecule has 0 bridgehead atoms. The molecule has 0 aromatic heterocycles. The quantitative estimate of drug-likeness (QED) is 0.799. The van der Waals surface area contributed by atoms with E-state index in [1.54, 1.807) is 0 Å². The standard InChI is InChI=1S/C15H22BrN/c1-17-15(12-7-4-2-3-5-8-12)13-9-6-10-14(16)11-13/h6,9-12,15,17H,2-5,7-8H2,1H3. The number of halogens is 1. The van der Waals surface area contributed by atoms with E-state index in [-0.39, 0.29) is 0 Å². The number of nitrogens with one attached hydrogen (secondary N) is 1. The van der Waals surface area contributed by atoms with Crippen LogP contribution >= 0.6 is 15.9 Å². The van der Waals surface area contributed by atoms with Crippen molar-refractivity contribution >= 4 is 15.9 Å². The number of hydrogen-bond donors (Lipinski definition) is 1. The highest BCUT2D eigenvalue weighted by atomic mass is 79.9. The molecule has 1 fully saturated rings. The monoisotopic (exact) mass is 295 g/mol. The molecule has 1 aromatic rings.